The molecule has 0 aromatic heterocycles. The van der Waals surface area contributed by atoms with E-state index in [9.17, 15) is 0 Å². The predicted octanol–water partition coefficient (Wildman–Crippen LogP) is 3.04. The lowest BCUT2D eigenvalue weighted by Gasteiger charge is -2.12. The van der Waals surface area contributed by atoms with Gasteiger partial charge >= 0.3 is 0 Å². The standard InChI is InChI=1S/C17H21NO2/c18-17(7-4-12-19)15-8-10-16(11-9-15)20-13-14-5-2-1-3-6-14/h1-3,5-6,8-11,17,19H,4,7,12-13,18H2/t17-/m0/s1. The molecule has 0 aliphatic carbocycles. The van der Waals surface area contributed by atoms with E-state index in [1.54, 1.807) is 0 Å². The van der Waals surface area contributed by atoms with Gasteiger partial charge in [0.1, 0.15) is 12.4 Å². The van der Waals surface area contributed by atoms with Gasteiger partial charge in [0.05, 0.1) is 0 Å². The first-order valence-corrected chi connectivity index (χ1v) is 6.92. The van der Waals surface area contributed by atoms with E-state index in [0.717, 1.165) is 29.7 Å². The van der Waals surface area contributed by atoms with Crippen molar-refractivity contribution in [3.05, 3.63) is 65.7 Å². The van der Waals surface area contributed by atoms with E-state index in [4.69, 9.17) is 15.6 Å². The molecule has 0 bridgehead atoms. The topological polar surface area (TPSA) is 55.5 Å². The summed E-state index contributed by atoms with van der Waals surface area (Å²) in [5.41, 5.74) is 8.27. The SMILES string of the molecule is N[C@@H](CCCO)c1ccc(OCc2ccccc2)cc1. The van der Waals surface area contributed by atoms with Gasteiger partial charge in [0, 0.05) is 12.6 Å². The maximum atomic E-state index is 8.81. The molecule has 0 aliphatic rings. The molecule has 0 heterocycles. The molecule has 0 amide bonds. The lowest BCUT2D eigenvalue weighted by Crippen LogP contribution is -2.10. The highest BCUT2D eigenvalue weighted by molar-refractivity contribution is 5.29. The van der Waals surface area contributed by atoms with Crippen LogP contribution in [0.1, 0.15) is 30.0 Å². The second-order valence-electron chi connectivity index (χ2n) is 4.82. The van der Waals surface area contributed by atoms with E-state index < -0.39 is 0 Å². The van der Waals surface area contributed by atoms with Gasteiger partial charge in [-0.05, 0) is 36.1 Å². The second-order valence-corrected chi connectivity index (χ2v) is 4.82. The van der Waals surface area contributed by atoms with Crippen LogP contribution in [0.15, 0.2) is 54.6 Å². The van der Waals surface area contributed by atoms with Gasteiger partial charge in [0.15, 0.2) is 0 Å². The fourth-order valence-corrected chi connectivity index (χ4v) is 2.03. The van der Waals surface area contributed by atoms with Gasteiger partial charge in [-0.2, -0.15) is 0 Å². The molecule has 0 spiro atoms. The van der Waals surface area contributed by atoms with Crippen LogP contribution in [0, 0.1) is 0 Å². The molecule has 0 radical (unpaired) electrons. The van der Waals surface area contributed by atoms with Gasteiger partial charge in [0.25, 0.3) is 0 Å². The molecular formula is C17H21NO2. The van der Waals surface area contributed by atoms with Gasteiger partial charge in [0.2, 0.25) is 0 Å². The number of benzene rings is 2. The second kappa shape index (κ2) is 7.68. The molecule has 2 rings (SSSR count). The van der Waals surface area contributed by atoms with Crippen LogP contribution >= 0.6 is 0 Å². The first-order valence-electron chi connectivity index (χ1n) is 6.92. The Hall–Kier alpha value is -1.84. The summed E-state index contributed by atoms with van der Waals surface area (Å²) in [6, 6.07) is 17.9. The molecule has 106 valence electrons. The van der Waals surface area contributed by atoms with Crippen molar-refractivity contribution in [2.75, 3.05) is 6.61 Å². The lowest BCUT2D eigenvalue weighted by atomic mass is 10.0. The van der Waals surface area contributed by atoms with Crippen molar-refractivity contribution in [1.82, 2.24) is 0 Å². The highest BCUT2D eigenvalue weighted by atomic mass is 16.5. The fraction of sp³-hybridized carbons (Fsp3) is 0.294. The molecule has 0 saturated carbocycles. The van der Waals surface area contributed by atoms with Gasteiger partial charge in [-0.3, -0.25) is 0 Å². The zero-order valence-corrected chi connectivity index (χ0v) is 11.5. The Bertz CT molecular complexity index is 496. The molecule has 0 fully saturated rings. The van der Waals surface area contributed by atoms with Crippen molar-refractivity contribution in [1.29, 1.82) is 0 Å². The Morgan fingerprint density at radius 2 is 1.70 bits per heavy atom. The zero-order chi connectivity index (χ0) is 14.2. The summed E-state index contributed by atoms with van der Waals surface area (Å²) < 4.78 is 5.73. The molecule has 2 aromatic carbocycles. The Balaban J connectivity index is 1.88. The van der Waals surface area contributed by atoms with E-state index in [2.05, 4.69) is 0 Å². The number of ether oxygens (including phenoxy) is 1. The van der Waals surface area contributed by atoms with E-state index in [-0.39, 0.29) is 12.6 Å². The third-order valence-corrected chi connectivity index (χ3v) is 3.23. The Kier molecular flexibility index (Phi) is 5.59. The van der Waals surface area contributed by atoms with Crippen molar-refractivity contribution in [3.63, 3.8) is 0 Å². The van der Waals surface area contributed by atoms with Crippen LogP contribution in [0.2, 0.25) is 0 Å². The van der Waals surface area contributed by atoms with Crippen LogP contribution in [0.25, 0.3) is 0 Å². The van der Waals surface area contributed by atoms with Crippen molar-refractivity contribution in [2.45, 2.75) is 25.5 Å². The Labute approximate surface area is 120 Å². The summed E-state index contributed by atoms with van der Waals surface area (Å²) in [7, 11) is 0. The first kappa shape index (κ1) is 14.6. The van der Waals surface area contributed by atoms with E-state index in [1.165, 1.54) is 0 Å². The summed E-state index contributed by atoms with van der Waals surface area (Å²) in [6.07, 6.45) is 1.52. The van der Waals surface area contributed by atoms with Crippen molar-refractivity contribution >= 4 is 0 Å². The molecular weight excluding hydrogens is 250 g/mol. The molecule has 1 atom stereocenters. The van der Waals surface area contributed by atoms with Gasteiger partial charge < -0.3 is 15.6 Å². The van der Waals surface area contributed by atoms with E-state index >= 15 is 0 Å². The quantitative estimate of drug-likeness (QED) is 0.814. The minimum atomic E-state index is -0.0228. The third kappa shape index (κ3) is 4.37. The molecule has 3 heteroatoms. The molecule has 0 aliphatic heterocycles. The molecule has 0 saturated heterocycles. The molecule has 0 unspecified atom stereocenters. The zero-order valence-electron chi connectivity index (χ0n) is 11.5. The Morgan fingerprint density at radius 3 is 2.35 bits per heavy atom. The van der Waals surface area contributed by atoms with Crippen LogP contribution in [0.5, 0.6) is 5.75 Å². The normalized spacial score (nSPS) is 12.1. The van der Waals surface area contributed by atoms with Gasteiger partial charge in [-0.25, -0.2) is 0 Å². The van der Waals surface area contributed by atoms with Crippen molar-refractivity contribution < 1.29 is 9.84 Å². The van der Waals surface area contributed by atoms with E-state index in [1.807, 2.05) is 54.6 Å². The van der Waals surface area contributed by atoms with Crippen LogP contribution in [0.3, 0.4) is 0 Å². The molecule has 2 aromatic rings. The number of nitrogens with two attached hydrogens (primary N) is 1. The maximum absolute atomic E-state index is 8.81. The summed E-state index contributed by atoms with van der Waals surface area (Å²) in [4.78, 5) is 0. The number of aliphatic hydroxyl groups is 1. The summed E-state index contributed by atoms with van der Waals surface area (Å²) in [5, 5.41) is 8.81. The summed E-state index contributed by atoms with van der Waals surface area (Å²) in [5.74, 6) is 0.840. The average Bonchev–Trinajstić information content (AvgIpc) is 2.52. The van der Waals surface area contributed by atoms with Crippen LogP contribution in [0.4, 0.5) is 0 Å². The summed E-state index contributed by atoms with van der Waals surface area (Å²) in [6.45, 7) is 0.753. The van der Waals surface area contributed by atoms with Crippen LogP contribution < -0.4 is 10.5 Å². The average molecular weight is 271 g/mol. The van der Waals surface area contributed by atoms with Crippen molar-refractivity contribution in [2.24, 2.45) is 5.73 Å². The van der Waals surface area contributed by atoms with Gasteiger partial charge in [-0.15, -0.1) is 0 Å². The Morgan fingerprint density at radius 1 is 1.00 bits per heavy atom. The molecule has 20 heavy (non-hydrogen) atoms. The minimum absolute atomic E-state index is 0.0228. The molecule has 3 N–H and O–H groups in total. The minimum Gasteiger partial charge on any atom is -0.489 e. The number of hydrogen-bond acceptors (Lipinski definition) is 3. The monoisotopic (exact) mass is 271 g/mol. The van der Waals surface area contributed by atoms with Gasteiger partial charge in [-0.1, -0.05) is 42.5 Å². The smallest absolute Gasteiger partial charge is 0.119 e. The lowest BCUT2D eigenvalue weighted by molar-refractivity contribution is 0.280. The maximum Gasteiger partial charge on any atom is 0.119 e. The van der Waals surface area contributed by atoms with E-state index in [0.29, 0.717) is 6.61 Å². The van der Waals surface area contributed by atoms with Crippen molar-refractivity contribution in [3.8, 4) is 5.75 Å². The van der Waals surface area contributed by atoms with Crippen LogP contribution in [-0.4, -0.2) is 11.7 Å². The molecule has 3 nitrogen and oxygen atoms in total. The highest BCUT2D eigenvalue weighted by Gasteiger charge is 2.05. The third-order valence-electron chi connectivity index (χ3n) is 3.23. The largest absolute Gasteiger partial charge is 0.489 e. The first-order chi connectivity index (χ1) is 9.79. The highest BCUT2D eigenvalue weighted by Crippen LogP contribution is 2.20. The fourth-order valence-electron chi connectivity index (χ4n) is 2.03. The number of hydrogen-bond donors (Lipinski definition) is 2. The van der Waals surface area contributed by atoms with Crippen LogP contribution in [-0.2, 0) is 6.61 Å². The summed E-state index contributed by atoms with van der Waals surface area (Å²) >= 11 is 0. The number of rotatable bonds is 7. The predicted molar refractivity (Wildman–Crippen MR) is 80.5 cm³/mol. The number of aliphatic hydroxyl groups excluding tert-OH is 1.